The molecule has 0 spiro atoms. The monoisotopic (exact) mass is 684 g/mol. The summed E-state index contributed by atoms with van der Waals surface area (Å²) < 4.78 is 15.9. The van der Waals surface area contributed by atoms with Gasteiger partial charge in [-0.3, -0.25) is 0 Å². The smallest absolute Gasteiger partial charge is 0.227 e. The van der Waals surface area contributed by atoms with E-state index in [1.807, 2.05) is 59.9 Å². The predicted octanol–water partition coefficient (Wildman–Crippen LogP) is 14.1. The van der Waals surface area contributed by atoms with Crippen LogP contribution in [0, 0.1) is 0 Å². The molecule has 0 aliphatic rings. The lowest BCUT2D eigenvalue weighted by Gasteiger charge is -2.26. The molecule has 3 aromatic heterocycles. The van der Waals surface area contributed by atoms with Crippen LogP contribution in [0.4, 0.5) is 17.1 Å². The summed E-state index contributed by atoms with van der Waals surface area (Å²) in [5, 5.41) is 6.93. The standard InChI is InChI=1S/C47H28N2O2S/c1-2-12-31(13-3-1)47-48-45-41(51-47)28-39(46-44(45)38-17-6-8-19-40(38)50-46)49(33-25-26-37-36-16-7-9-20-42(36)52-43(37)27-33)32-23-21-30(22-24-32)35-18-10-14-29-11-4-5-15-34(29)35/h1-28H. The van der Waals surface area contributed by atoms with E-state index >= 15 is 0 Å². The summed E-state index contributed by atoms with van der Waals surface area (Å²) in [4.78, 5) is 7.37. The van der Waals surface area contributed by atoms with Crippen LogP contribution in [-0.2, 0) is 0 Å². The third-order valence-corrected chi connectivity index (χ3v) is 11.2. The predicted molar refractivity (Wildman–Crippen MR) is 217 cm³/mol. The summed E-state index contributed by atoms with van der Waals surface area (Å²) in [6.07, 6.45) is 0. The Morgan fingerprint density at radius 3 is 2.08 bits per heavy atom. The molecule has 3 heterocycles. The Hall–Kier alpha value is -6.69. The van der Waals surface area contributed by atoms with Gasteiger partial charge < -0.3 is 13.7 Å². The molecule has 0 amide bonds. The number of fused-ring (bicyclic) bond motifs is 9. The lowest BCUT2D eigenvalue weighted by Crippen LogP contribution is -2.10. The van der Waals surface area contributed by atoms with E-state index in [1.54, 1.807) is 0 Å². The second-order valence-electron chi connectivity index (χ2n) is 13.1. The maximum absolute atomic E-state index is 6.79. The fraction of sp³-hybridized carbons (Fsp3) is 0. The Bertz CT molecular complexity index is 3130. The molecule has 8 aromatic carbocycles. The van der Waals surface area contributed by atoms with Crippen molar-refractivity contribution in [3.63, 3.8) is 0 Å². The van der Waals surface area contributed by atoms with Gasteiger partial charge in [0.2, 0.25) is 5.89 Å². The van der Waals surface area contributed by atoms with Crippen molar-refractivity contribution in [1.29, 1.82) is 0 Å². The molecular formula is C47H28N2O2S. The van der Waals surface area contributed by atoms with Crippen molar-refractivity contribution in [3.05, 3.63) is 170 Å². The number of nitrogens with zero attached hydrogens (tertiary/aromatic N) is 2. The molecule has 0 atom stereocenters. The first kappa shape index (κ1) is 29.1. The van der Waals surface area contributed by atoms with Crippen LogP contribution in [0.25, 0.3) is 86.6 Å². The highest BCUT2D eigenvalue weighted by Crippen LogP contribution is 2.47. The van der Waals surface area contributed by atoms with Crippen molar-refractivity contribution in [2.45, 2.75) is 0 Å². The molecule has 11 aromatic rings. The average molecular weight is 685 g/mol. The highest BCUT2D eigenvalue weighted by Gasteiger charge is 2.25. The van der Waals surface area contributed by atoms with E-state index in [0.717, 1.165) is 55.6 Å². The van der Waals surface area contributed by atoms with Gasteiger partial charge in [0.05, 0.1) is 11.1 Å². The molecule has 11 rings (SSSR count). The normalized spacial score (nSPS) is 11.8. The Labute approximate surface area is 302 Å². The van der Waals surface area contributed by atoms with Crippen molar-refractivity contribution in [2.24, 2.45) is 0 Å². The van der Waals surface area contributed by atoms with Gasteiger partial charge in [0.15, 0.2) is 11.2 Å². The number of furan rings is 1. The molecule has 0 aliphatic carbocycles. The van der Waals surface area contributed by atoms with Crippen molar-refractivity contribution in [1.82, 2.24) is 4.98 Å². The van der Waals surface area contributed by atoms with Crippen LogP contribution in [0.1, 0.15) is 0 Å². The van der Waals surface area contributed by atoms with Gasteiger partial charge in [0.1, 0.15) is 11.1 Å². The number of benzene rings is 8. The molecule has 244 valence electrons. The molecule has 0 saturated heterocycles. The van der Waals surface area contributed by atoms with Crippen LogP contribution in [-0.4, -0.2) is 4.98 Å². The van der Waals surface area contributed by atoms with Gasteiger partial charge in [-0.05, 0) is 70.4 Å². The van der Waals surface area contributed by atoms with Crippen LogP contribution in [0.2, 0.25) is 0 Å². The van der Waals surface area contributed by atoms with Crippen molar-refractivity contribution < 1.29 is 8.83 Å². The first-order valence-corrected chi connectivity index (χ1v) is 18.2. The lowest BCUT2D eigenvalue weighted by atomic mass is 9.98. The zero-order chi connectivity index (χ0) is 34.2. The number of aromatic nitrogens is 1. The van der Waals surface area contributed by atoms with Crippen LogP contribution < -0.4 is 4.90 Å². The quantitative estimate of drug-likeness (QED) is 0.181. The molecule has 0 saturated carbocycles. The number of hydrogen-bond donors (Lipinski definition) is 0. The Morgan fingerprint density at radius 2 is 1.19 bits per heavy atom. The average Bonchev–Trinajstić information content (AvgIpc) is 3.92. The second-order valence-corrected chi connectivity index (χ2v) is 14.2. The number of para-hydroxylation sites is 1. The highest BCUT2D eigenvalue weighted by molar-refractivity contribution is 7.25. The third kappa shape index (κ3) is 4.50. The Kier molecular flexibility index (Phi) is 6.39. The third-order valence-electron chi connectivity index (χ3n) is 10.1. The van der Waals surface area contributed by atoms with Crippen molar-refractivity contribution in [2.75, 3.05) is 4.90 Å². The minimum Gasteiger partial charge on any atom is -0.454 e. The summed E-state index contributed by atoms with van der Waals surface area (Å²) in [6, 6.07) is 59.7. The highest BCUT2D eigenvalue weighted by atomic mass is 32.1. The van der Waals surface area contributed by atoms with Gasteiger partial charge in [-0.15, -0.1) is 11.3 Å². The lowest BCUT2D eigenvalue weighted by molar-refractivity contribution is 0.619. The van der Waals surface area contributed by atoms with Gasteiger partial charge in [-0.2, -0.15) is 0 Å². The fourth-order valence-electron chi connectivity index (χ4n) is 7.68. The number of hydrogen-bond acceptors (Lipinski definition) is 5. The van der Waals surface area contributed by atoms with E-state index in [1.165, 1.54) is 36.5 Å². The minimum absolute atomic E-state index is 0.581. The number of oxazole rings is 1. The molecule has 0 unspecified atom stereocenters. The van der Waals surface area contributed by atoms with Crippen molar-refractivity contribution in [3.8, 4) is 22.6 Å². The van der Waals surface area contributed by atoms with Crippen LogP contribution >= 0.6 is 11.3 Å². The molecule has 52 heavy (non-hydrogen) atoms. The minimum atomic E-state index is 0.581. The Balaban J connectivity index is 1.17. The summed E-state index contributed by atoms with van der Waals surface area (Å²) in [6.45, 7) is 0. The van der Waals surface area contributed by atoms with Crippen LogP contribution in [0.5, 0.6) is 0 Å². The number of rotatable bonds is 5. The van der Waals surface area contributed by atoms with Gasteiger partial charge >= 0.3 is 0 Å². The summed E-state index contributed by atoms with van der Waals surface area (Å²) in [7, 11) is 0. The first-order chi connectivity index (χ1) is 25.8. The zero-order valence-corrected chi connectivity index (χ0v) is 28.6. The molecule has 0 radical (unpaired) electrons. The largest absolute Gasteiger partial charge is 0.454 e. The maximum Gasteiger partial charge on any atom is 0.227 e. The van der Waals surface area contributed by atoms with Crippen molar-refractivity contribution >= 4 is 92.4 Å². The van der Waals surface area contributed by atoms with E-state index < -0.39 is 0 Å². The van der Waals surface area contributed by atoms with E-state index in [4.69, 9.17) is 13.8 Å². The van der Waals surface area contributed by atoms with Gasteiger partial charge in [-0.1, -0.05) is 115 Å². The fourth-order valence-corrected chi connectivity index (χ4v) is 8.82. The molecule has 0 aliphatic heterocycles. The van der Waals surface area contributed by atoms with E-state index in [2.05, 4.69) is 126 Å². The molecule has 0 bridgehead atoms. The number of anilines is 3. The molecule has 4 nitrogen and oxygen atoms in total. The van der Waals surface area contributed by atoms with E-state index in [9.17, 15) is 0 Å². The Morgan fingerprint density at radius 1 is 0.481 bits per heavy atom. The maximum atomic E-state index is 6.79. The molecule has 0 N–H and O–H groups in total. The SMILES string of the molecule is c1ccc(-c2nc3c(cc(N(c4ccc(-c5cccc6ccccc56)cc4)c4ccc5c(c4)sc4ccccc45)c4oc5ccccc5c43)o2)cc1. The van der Waals surface area contributed by atoms with Gasteiger partial charge in [0, 0.05) is 48.6 Å². The first-order valence-electron chi connectivity index (χ1n) is 17.4. The topological polar surface area (TPSA) is 42.4 Å². The van der Waals surface area contributed by atoms with Crippen LogP contribution in [0.15, 0.2) is 179 Å². The van der Waals surface area contributed by atoms with E-state index in [-0.39, 0.29) is 0 Å². The number of thiophene rings is 1. The van der Waals surface area contributed by atoms with Crippen LogP contribution in [0.3, 0.4) is 0 Å². The summed E-state index contributed by atoms with van der Waals surface area (Å²) >= 11 is 1.82. The molecular weight excluding hydrogens is 657 g/mol. The second kappa shape index (κ2) is 11.4. The molecule has 0 fully saturated rings. The summed E-state index contributed by atoms with van der Waals surface area (Å²) in [5.41, 5.74) is 9.27. The zero-order valence-electron chi connectivity index (χ0n) is 27.8. The van der Waals surface area contributed by atoms with Gasteiger partial charge in [0.25, 0.3) is 0 Å². The summed E-state index contributed by atoms with van der Waals surface area (Å²) in [5.74, 6) is 0.581. The van der Waals surface area contributed by atoms with Gasteiger partial charge in [-0.25, -0.2) is 4.98 Å². The molecule has 5 heteroatoms. The van der Waals surface area contributed by atoms with E-state index in [0.29, 0.717) is 11.5 Å².